The lowest BCUT2D eigenvalue weighted by Crippen LogP contribution is -2.55. The van der Waals surface area contributed by atoms with Crippen molar-refractivity contribution in [3.8, 4) is 36.2 Å². The topological polar surface area (TPSA) is 287 Å². The number of likely N-dealkylation sites (tertiary alicyclic amines) is 3. The summed E-state index contributed by atoms with van der Waals surface area (Å²) in [5.41, 5.74) is 12.7. The minimum atomic E-state index is -1.02. The van der Waals surface area contributed by atoms with Crippen molar-refractivity contribution in [1.29, 1.82) is 15.8 Å². The summed E-state index contributed by atoms with van der Waals surface area (Å²) in [6.07, 6.45) is 17.2. The Bertz CT molecular complexity index is 6170. The number of carbonyl (C=O) groups excluding carboxylic acids is 3. The molecular formula is C106H140F3N21O7S8. The second-order valence-corrected chi connectivity index (χ2v) is 38.6. The largest absolute Gasteiger partial charge is 0.463 e. The van der Waals surface area contributed by atoms with Gasteiger partial charge < -0.3 is 68.3 Å². The van der Waals surface area contributed by atoms with Gasteiger partial charge >= 0.3 is 18.0 Å². The van der Waals surface area contributed by atoms with Gasteiger partial charge in [-0.3, -0.25) is 24.2 Å². The van der Waals surface area contributed by atoms with Gasteiger partial charge in [-0.05, 0) is 180 Å². The summed E-state index contributed by atoms with van der Waals surface area (Å²) in [5, 5.41) is 45.8. The maximum atomic E-state index is 13.9. The molecule has 0 unspecified atom stereocenters. The number of likely N-dealkylation sites (N-methyl/N-ethyl adjacent to an activating group) is 1. The first kappa shape index (κ1) is 117. The van der Waals surface area contributed by atoms with Crippen molar-refractivity contribution >= 4 is 193 Å². The van der Waals surface area contributed by atoms with E-state index in [4.69, 9.17) is 44.1 Å². The molecule has 2 aliphatic carbocycles. The van der Waals surface area contributed by atoms with Crippen LogP contribution in [0.1, 0.15) is 134 Å². The zero-order chi connectivity index (χ0) is 94.9. The van der Waals surface area contributed by atoms with Gasteiger partial charge in [0.1, 0.15) is 30.7 Å². The molecule has 12 heterocycles. The maximum absolute atomic E-state index is 13.9. The molecule has 3 amide bonds. The molecule has 780 valence electrons. The van der Waals surface area contributed by atoms with E-state index in [1.807, 2.05) is 18.2 Å². The van der Waals surface area contributed by atoms with E-state index in [9.17, 15) is 48.4 Å². The van der Waals surface area contributed by atoms with Gasteiger partial charge in [0.25, 0.3) is 11.8 Å². The van der Waals surface area contributed by atoms with Crippen molar-refractivity contribution in [2.75, 3.05) is 174 Å². The molecule has 11 aliphatic rings. The number of fused-ring (bicyclic) bond motifs is 10. The number of halogens is 3. The van der Waals surface area contributed by atoms with Gasteiger partial charge in [-0.25, -0.2) is 13.2 Å². The molecule has 9 aromatic rings. The van der Waals surface area contributed by atoms with Gasteiger partial charge in [-0.2, -0.15) is 154 Å². The van der Waals surface area contributed by atoms with Crippen molar-refractivity contribution in [1.82, 2.24) is 59.3 Å². The highest BCUT2D eigenvalue weighted by Crippen LogP contribution is 2.44. The first-order valence-corrected chi connectivity index (χ1v) is 49.1. The molecule has 4 bridgehead atoms. The predicted octanol–water partition coefficient (Wildman–Crippen LogP) is 14.9. The first-order valence-electron chi connectivity index (χ1n) is 49.1. The monoisotopic (exact) mass is 2130 g/mol. The standard InChI is InChI=1S/C37H44FN7O2.C36H42FN7O2.C33H38FN7O3.8H2S/c1-26-6-2-7-28-8-3-9-33(35(26)28)43-18-14-31-32(25-43)40-37(47-21-5-17-42-23-27-11-12-29(42)22-27)41-36(31)44-19-20-45(30(24-44)13-16-39)34(46)10-4-15-38;1-24-6-3-7-27-8-4-9-32(33(24)27)42-16-13-30-31(23-42)39-36(46-19-5-15-41-21-26-10-11-28(41)20-26)40-34(30)43-17-18-44(35(45)25(2)37)29(22-43)12-14-38;1-22(34)32(43)41-17-16-40(18-25(41)11-13-35)31-27-12-15-39(29-10-4-7-23-6-3-8-24(20-42)30(23)29)19-28(27)36-33(37-31)44-21-26-9-5-14-38(26)2;;;;;;;;/h2-4,6-10,27,29-30H,5,11-15,17-25H2,1H3;3-4,6-9,26,28-29H,2,5,10-13,15-23H2,1H3;3-4,6-8,10,25-26,42H,1,5,9,11-12,14-21H2,2H3;8*1H2/b10-4+;;;;;;;;;;/t27-,29+,30-;26-,28+,29-;25-,26-;;;;;;;;/m000......../s1. The smallest absolute Gasteiger partial charge is 0.318 e. The summed E-state index contributed by atoms with van der Waals surface area (Å²) in [6, 6.07) is 46.1. The molecule has 0 radical (unpaired) electrons. The Labute approximate surface area is 905 Å². The van der Waals surface area contributed by atoms with E-state index < -0.39 is 42.2 Å². The zero-order valence-electron chi connectivity index (χ0n) is 83.0. The van der Waals surface area contributed by atoms with E-state index in [-0.39, 0.29) is 159 Å². The van der Waals surface area contributed by atoms with Gasteiger partial charge in [0.05, 0.1) is 112 Å². The Kier molecular flexibility index (Phi) is 43.4. The summed E-state index contributed by atoms with van der Waals surface area (Å²) in [5.74, 6) is 0.313. The molecule has 1 N–H and O–H groups in total. The highest BCUT2D eigenvalue weighted by Gasteiger charge is 2.43. The number of piperazine rings is 3. The van der Waals surface area contributed by atoms with Crippen LogP contribution in [0.2, 0.25) is 0 Å². The third-order valence-electron chi connectivity index (χ3n) is 30.1. The number of carbonyl (C=O) groups is 3. The van der Waals surface area contributed by atoms with Crippen LogP contribution in [0.3, 0.4) is 0 Å². The van der Waals surface area contributed by atoms with Crippen LogP contribution in [0.4, 0.5) is 47.7 Å². The van der Waals surface area contributed by atoms with Gasteiger partial charge in [0.2, 0.25) is 5.91 Å². The van der Waals surface area contributed by atoms with Crippen LogP contribution in [-0.4, -0.2) is 263 Å². The second-order valence-electron chi connectivity index (χ2n) is 38.6. The molecule has 2 saturated carbocycles. The van der Waals surface area contributed by atoms with E-state index in [2.05, 4.69) is 187 Å². The fourth-order valence-electron chi connectivity index (χ4n) is 23.3. The number of aromatic nitrogens is 6. The Hall–Kier alpha value is -9.93. The van der Waals surface area contributed by atoms with Gasteiger partial charge in [0.15, 0.2) is 11.7 Å². The molecule has 6 aromatic carbocycles. The van der Waals surface area contributed by atoms with Crippen LogP contribution in [0.5, 0.6) is 18.0 Å². The average molecular weight is 2130 g/mol. The number of nitrogens with zero attached hydrogens (tertiary/aromatic N) is 21. The number of allylic oxidation sites excluding steroid dienone is 1. The highest BCUT2D eigenvalue weighted by atomic mass is 32.1. The number of alkyl halides is 1. The first-order chi connectivity index (χ1) is 66.8. The number of ether oxygens (including phenoxy) is 3. The van der Waals surface area contributed by atoms with E-state index in [1.54, 1.807) is 4.90 Å². The summed E-state index contributed by atoms with van der Waals surface area (Å²) < 4.78 is 59.2. The quantitative estimate of drug-likeness (QED) is 0.0370. The van der Waals surface area contributed by atoms with Crippen LogP contribution >= 0.6 is 108 Å². The highest BCUT2D eigenvalue weighted by molar-refractivity contribution is 7.60. The molecule has 3 aromatic heterocycles. The van der Waals surface area contributed by atoms with Crippen LogP contribution in [-0.2, 0) is 59.9 Å². The Balaban J connectivity index is 0.000000217. The zero-order valence-corrected chi connectivity index (χ0v) is 91.0. The molecule has 6 saturated heterocycles. The molecule has 8 atom stereocenters. The van der Waals surface area contributed by atoms with Crippen molar-refractivity contribution in [3.63, 3.8) is 0 Å². The lowest BCUT2D eigenvalue weighted by molar-refractivity contribution is -0.132. The van der Waals surface area contributed by atoms with E-state index in [0.717, 1.165) is 175 Å². The maximum Gasteiger partial charge on any atom is 0.318 e. The van der Waals surface area contributed by atoms with E-state index in [1.165, 1.54) is 118 Å². The number of anilines is 6. The number of amides is 3. The lowest BCUT2D eigenvalue weighted by atomic mass is 9.99. The van der Waals surface area contributed by atoms with E-state index >= 15 is 0 Å². The van der Waals surface area contributed by atoms with Crippen molar-refractivity contribution in [3.05, 3.63) is 197 Å². The molecule has 145 heavy (non-hydrogen) atoms. The molecular weight excluding hydrogens is 1990 g/mol. The number of piperidine rings is 2. The number of aliphatic hydroxyl groups is 1. The third-order valence-corrected chi connectivity index (χ3v) is 30.1. The molecule has 39 heteroatoms. The van der Waals surface area contributed by atoms with Crippen LogP contribution < -0.4 is 43.6 Å². The SMILES string of the molecule is C=C(F)C(=O)N1CCN(c2nc(OCCCN3C[C@H]4CC[C@@H]3C4)nc3c2CCN(c2cccc4cccc(C)c24)C3)C[C@@H]1CC#N.C=C(F)C(=O)N1CCN(c2nc(OC[C@@H]3CCCN3C)nc3c2CCN(c2cccc4cccc(CO)c24)C3)C[C@@H]1CC#N.Cc1cccc2cccc(N3CCc4c(nc(OCCCN5C[C@H]6CC[C@@H]5C6)nc4N4CCN(C(=O)/C=C/CF)[C@@H](CC#N)C4)C3)c12.S.S.S.S.S.S.S.S. The number of aryl methyl sites for hydroxylation is 2. The van der Waals surface area contributed by atoms with Crippen molar-refractivity contribution in [2.24, 2.45) is 11.8 Å². The fraction of sp³-hybridized carbons (Fsp3) is 0.491. The second kappa shape index (κ2) is 53.8. The number of hydrogen-bond acceptors (Lipinski definition) is 25. The number of nitriles is 3. The number of rotatable bonds is 27. The Morgan fingerprint density at radius 2 is 0.834 bits per heavy atom. The molecule has 9 aliphatic heterocycles. The Morgan fingerprint density at radius 1 is 0.455 bits per heavy atom. The van der Waals surface area contributed by atoms with Crippen molar-refractivity contribution < 1.29 is 46.9 Å². The number of benzene rings is 6. The number of hydrogen-bond donors (Lipinski definition) is 1. The predicted molar refractivity (Wildman–Crippen MR) is 607 cm³/mol. The van der Waals surface area contributed by atoms with Gasteiger partial charge in [-0.15, -0.1) is 0 Å². The molecule has 8 fully saturated rings. The molecule has 0 spiro atoms. The average Bonchev–Trinajstić information content (AvgIpc) is 1.76. The van der Waals surface area contributed by atoms with Crippen LogP contribution in [0.15, 0.2) is 146 Å². The summed E-state index contributed by atoms with van der Waals surface area (Å²) in [4.78, 5) is 93.2. The van der Waals surface area contributed by atoms with Crippen LogP contribution in [0.25, 0.3) is 32.3 Å². The lowest BCUT2D eigenvalue weighted by Gasteiger charge is -2.42. The minimum absolute atomic E-state index is 0. The van der Waals surface area contributed by atoms with Crippen molar-refractivity contribution in [2.45, 2.75) is 179 Å². The van der Waals surface area contributed by atoms with E-state index in [0.29, 0.717) is 116 Å². The molecule has 20 rings (SSSR count). The summed E-state index contributed by atoms with van der Waals surface area (Å²) in [7, 11) is 2.10. The number of aliphatic hydroxyl groups excluding tert-OH is 1. The summed E-state index contributed by atoms with van der Waals surface area (Å²) in [6.45, 7) is 24.8. The normalized spacial score (nSPS) is 20.7. The van der Waals surface area contributed by atoms with Gasteiger partial charge in [0, 0.05) is 179 Å². The van der Waals surface area contributed by atoms with Gasteiger partial charge in [-0.1, -0.05) is 104 Å². The summed E-state index contributed by atoms with van der Waals surface area (Å²) >= 11 is 0. The Morgan fingerprint density at radius 3 is 1.20 bits per heavy atom. The van der Waals surface area contributed by atoms with Crippen LogP contribution in [0, 0.1) is 59.7 Å². The third kappa shape index (κ3) is 26.3. The molecule has 28 nitrogen and oxygen atoms in total. The minimum Gasteiger partial charge on any atom is -0.463 e. The fourth-order valence-corrected chi connectivity index (χ4v) is 23.3.